The van der Waals surface area contributed by atoms with E-state index in [2.05, 4.69) is 0 Å². The van der Waals surface area contributed by atoms with Crippen LogP contribution >= 0.6 is 0 Å². The summed E-state index contributed by atoms with van der Waals surface area (Å²) in [4.78, 5) is 39.2. The highest BCUT2D eigenvalue weighted by atomic mass is 16.6. The van der Waals surface area contributed by atoms with Crippen LogP contribution in [0.2, 0.25) is 0 Å². The Hall–Kier alpha value is -2.83. The Labute approximate surface area is 171 Å². The predicted octanol–water partition coefficient (Wildman–Crippen LogP) is 3.13. The maximum absolute atomic E-state index is 13.0. The average Bonchev–Trinajstić information content (AvgIpc) is 2.67. The number of methoxy groups -OCH3 is 2. The maximum atomic E-state index is 13.0. The zero-order chi connectivity index (χ0) is 21.7. The number of hydrogen-bond donors (Lipinski definition) is 0. The molecule has 0 bridgehead atoms. The molecular formula is C22H29NO6. The van der Waals surface area contributed by atoms with Crippen LogP contribution in [0.4, 0.5) is 4.79 Å². The predicted molar refractivity (Wildman–Crippen MR) is 107 cm³/mol. The number of nitrogens with zero attached hydrogens (tertiary/aromatic N) is 1. The van der Waals surface area contributed by atoms with Gasteiger partial charge in [0.2, 0.25) is 0 Å². The van der Waals surface area contributed by atoms with E-state index in [9.17, 15) is 14.4 Å². The van der Waals surface area contributed by atoms with Gasteiger partial charge in [-0.15, -0.1) is 0 Å². The molecule has 1 saturated heterocycles. The number of piperidine rings is 1. The van der Waals surface area contributed by atoms with Gasteiger partial charge < -0.3 is 19.1 Å². The lowest BCUT2D eigenvalue weighted by atomic mass is 9.71. The highest BCUT2D eigenvalue weighted by Gasteiger charge is 2.49. The van der Waals surface area contributed by atoms with Gasteiger partial charge in [0.05, 0.1) is 14.2 Å². The zero-order valence-electron chi connectivity index (χ0n) is 17.7. The second kappa shape index (κ2) is 9.11. The fraction of sp³-hybridized carbons (Fsp3) is 0.500. The minimum atomic E-state index is -1.21. The monoisotopic (exact) mass is 403 g/mol. The maximum Gasteiger partial charge on any atom is 0.410 e. The molecule has 0 spiro atoms. The number of carbonyl (C=O) groups excluding carboxylic acids is 3. The Kier molecular flexibility index (Phi) is 7.06. The molecule has 2 rings (SSSR count). The van der Waals surface area contributed by atoms with Gasteiger partial charge in [0, 0.05) is 19.2 Å². The third-order valence-electron chi connectivity index (χ3n) is 4.80. The minimum absolute atomic E-state index is 0.0479. The van der Waals surface area contributed by atoms with Gasteiger partial charge in [-0.1, -0.05) is 30.3 Å². The first-order valence-electron chi connectivity index (χ1n) is 9.50. The van der Waals surface area contributed by atoms with Gasteiger partial charge in [-0.05, 0) is 44.7 Å². The Morgan fingerprint density at radius 3 is 2.31 bits per heavy atom. The summed E-state index contributed by atoms with van der Waals surface area (Å²) in [6.07, 6.45) is 1.45. The highest BCUT2D eigenvalue weighted by Crippen LogP contribution is 2.40. The van der Waals surface area contributed by atoms with E-state index in [0.717, 1.165) is 5.56 Å². The molecule has 1 aliphatic heterocycles. The summed E-state index contributed by atoms with van der Waals surface area (Å²) >= 11 is 0. The lowest BCUT2D eigenvalue weighted by molar-refractivity contribution is -0.152. The number of rotatable bonds is 4. The number of esters is 2. The fourth-order valence-corrected chi connectivity index (χ4v) is 3.47. The zero-order valence-corrected chi connectivity index (χ0v) is 17.7. The number of hydrogen-bond acceptors (Lipinski definition) is 6. The van der Waals surface area contributed by atoms with Crippen molar-refractivity contribution in [2.24, 2.45) is 5.41 Å². The molecule has 1 amide bonds. The van der Waals surface area contributed by atoms with Crippen molar-refractivity contribution in [3.8, 4) is 0 Å². The number of ether oxygens (including phenoxy) is 3. The molecule has 0 aromatic heterocycles. The van der Waals surface area contributed by atoms with Crippen LogP contribution in [0.1, 0.15) is 32.8 Å². The SMILES string of the molecule is COC(=O)C=C1CCN(C(=O)OC(C)(C)C)CC1(Cc1ccccc1)C(=O)OC. The van der Waals surface area contributed by atoms with Crippen LogP contribution in [0.3, 0.4) is 0 Å². The van der Waals surface area contributed by atoms with Crippen molar-refractivity contribution >= 4 is 18.0 Å². The molecule has 1 aliphatic rings. The average molecular weight is 403 g/mol. The summed E-state index contributed by atoms with van der Waals surface area (Å²) in [5.41, 5.74) is -0.397. The van der Waals surface area contributed by atoms with Crippen molar-refractivity contribution in [3.63, 3.8) is 0 Å². The van der Waals surface area contributed by atoms with E-state index in [1.165, 1.54) is 25.2 Å². The van der Waals surface area contributed by atoms with Gasteiger partial charge in [0.25, 0.3) is 0 Å². The Bertz CT molecular complexity index is 780. The first-order valence-corrected chi connectivity index (χ1v) is 9.50. The summed E-state index contributed by atoms with van der Waals surface area (Å²) in [5, 5.41) is 0. The van der Waals surface area contributed by atoms with E-state index in [4.69, 9.17) is 14.2 Å². The van der Waals surface area contributed by atoms with Crippen molar-refractivity contribution in [2.75, 3.05) is 27.3 Å². The Morgan fingerprint density at radius 2 is 1.76 bits per heavy atom. The molecule has 1 heterocycles. The first-order chi connectivity index (χ1) is 13.6. The normalized spacial score (nSPS) is 20.9. The molecule has 1 unspecified atom stereocenters. The lowest BCUT2D eigenvalue weighted by Gasteiger charge is -2.43. The highest BCUT2D eigenvalue weighted by molar-refractivity contribution is 5.88. The molecular weight excluding hydrogens is 374 g/mol. The molecule has 7 nitrogen and oxygen atoms in total. The van der Waals surface area contributed by atoms with E-state index < -0.39 is 29.0 Å². The van der Waals surface area contributed by atoms with Crippen molar-refractivity contribution in [1.29, 1.82) is 0 Å². The quantitative estimate of drug-likeness (QED) is 0.436. The number of likely N-dealkylation sites (tertiary alicyclic amines) is 1. The molecule has 1 aromatic carbocycles. The molecule has 29 heavy (non-hydrogen) atoms. The van der Waals surface area contributed by atoms with Crippen molar-refractivity contribution < 1.29 is 28.6 Å². The van der Waals surface area contributed by atoms with Gasteiger partial charge in [-0.2, -0.15) is 0 Å². The second-order valence-electron chi connectivity index (χ2n) is 8.08. The Morgan fingerprint density at radius 1 is 1.10 bits per heavy atom. The van der Waals surface area contributed by atoms with E-state index in [-0.39, 0.29) is 13.0 Å². The smallest absolute Gasteiger partial charge is 0.410 e. The van der Waals surface area contributed by atoms with Gasteiger partial charge in [-0.25, -0.2) is 9.59 Å². The van der Waals surface area contributed by atoms with Gasteiger partial charge in [0.15, 0.2) is 0 Å². The van der Waals surface area contributed by atoms with Crippen LogP contribution in [0.15, 0.2) is 42.0 Å². The van der Waals surface area contributed by atoms with Crippen molar-refractivity contribution in [2.45, 2.75) is 39.2 Å². The third-order valence-corrected chi connectivity index (χ3v) is 4.80. The second-order valence-corrected chi connectivity index (χ2v) is 8.08. The minimum Gasteiger partial charge on any atom is -0.468 e. The van der Waals surface area contributed by atoms with Gasteiger partial charge >= 0.3 is 18.0 Å². The van der Waals surface area contributed by atoms with Crippen LogP contribution in [-0.2, 0) is 30.2 Å². The van der Waals surface area contributed by atoms with Crippen LogP contribution in [-0.4, -0.2) is 55.8 Å². The van der Waals surface area contributed by atoms with Crippen LogP contribution in [0.5, 0.6) is 0 Å². The molecule has 0 radical (unpaired) electrons. The Balaban J connectivity index is 2.49. The summed E-state index contributed by atoms with van der Waals surface area (Å²) in [6, 6.07) is 9.42. The first kappa shape index (κ1) is 22.5. The molecule has 0 saturated carbocycles. The molecule has 0 N–H and O–H groups in total. The molecule has 1 fully saturated rings. The van der Waals surface area contributed by atoms with Gasteiger partial charge in [-0.3, -0.25) is 4.79 Å². The molecule has 0 aliphatic carbocycles. The van der Waals surface area contributed by atoms with E-state index in [1.807, 2.05) is 30.3 Å². The van der Waals surface area contributed by atoms with Crippen LogP contribution in [0, 0.1) is 5.41 Å². The number of benzene rings is 1. The van der Waals surface area contributed by atoms with Crippen molar-refractivity contribution in [3.05, 3.63) is 47.5 Å². The van der Waals surface area contributed by atoms with E-state index >= 15 is 0 Å². The summed E-state index contributed by atoms with van der Waals surface area (Å²) in [6.45, 7) is 5.73. The number of carbonyl (C=O) groups is 3. The summed E-state index contributed by atoms with van der Waals surface area (Å²) < 4.78 is 15.4. The largest absolute Gasteiger partial charge is 0.468 e. The molecule has 7 heteroatoms. The summed E-state index contributed by atoms with van der Waals surface area (Å²) in [5.74, 6) is -1.06. The van der Waals surface area contributed by atoms with Crippen LogP contribution < -0.4 is 0 Å². The van der Waals surface area contributed by atoms with E-state index in [1.54, 1.807) is 20.8 Å². The fourth-order valence-electron chi connectivity index (χ4n) is 3.47. The van der Waals surface area contributed by atoms with Crippen LogP contribution in [0.25, 0.3) is 0 Å². The van der Waals surface area contributed by atoms with E-state index in [0.29, 0.717) is 18.5 Å². The topological polar surface area (TPSA) is 82.1 Å². The number of amides is 1. The molecule has 158 valence electrons. The summed E-state index contributed by atoms with van der Waals surface area (Å²) in [7, 11) is 2.59. The lowest BCUT2D eigenvalue weighted by Crippen LogP contribution is -2.53. The van der Waals surface area contributed by atoms with Crippen molar-refractivity contribution in [1.82, 2.24) is 4.90 Å². The molecule has 1 atom stereocenters. The molecule has 1 aromatic rings. The third kappa shape index (κ3) is 5.59. The van der Waals surface area contributed by atoms with Gasteiger partial charge in [0.1, 0.15) is 11.0 Å². The standard InChI is InChI=1S/C22H29NO6/c1-21(2,3)29-20(26)23-12-11-17(13-18(24)27-4)22(15-23,19(25)28-5)14-16-9-7-6-8-10-16/h6-10,13H,11-12,14-15H2,1-5H3.